The Balaban J connectivity index is 0. The highest BCUT2D eigenvalue weighted by Gasteiger charge is 2.08. The van der Waals surface area contributed by atoms with Crippen molar-refractivity contribution in [2.45, 2.75) is 71.8 Å². The second kappa shape index (κ2) is 13.3. The highest BCUT2D eigenvalue weighted by atomic mass is 16.4. The monoisotopic (exact) mass is 292 g/mol. The Labute approximate surface area is 122 Å². The Hall–Kier alpha value is -0.650. The molecular weight excluding hydrogens is 260 g/mol. The summed E-state index contributed by atoms with van der Waals surface area (Å²) in [6.07, 6.45) is 6.26. The minimum absolute atomic E-state index is 0.333. The molecule has 0 aliphatic rings. The van der Waals surface area contributed by atoms with Gasteiger partial charge >= 0.3 is 5.97 Å². The fourth-order valence-corrected chi connectivity index (χ4v) is 1.52. The van der Waals surface area contributed by atoms with Crippen LogP contribution in [-0.2, 0) is 4.79 Å². The van der Waals surface area contributed by atoms with E-state index in [1.54, 1.807) is 0 Å². The average Bonchev–Trinajstić information content (AvgIpc) is 2.35. The fraction of sp³-hybridized carbons (Fsp3) is 0.933. The molecule has 122 valence electrons. The summed E-state index contributed by atoms with van der Waals surface area (Å²) in [6, 6.07) is 0. The van der Waals surface area contributed by atoms with Gasteiger partial charge in [-0.15, -0.1) is 0 Å². The maximum Gasteiger partial charge on any atom is 0.303 e. The molecule has 4 N–H and O–H groups in total. The van der Waals surface area contributed by atoms with Crippen molar-refractivity contribution >= 4 is 5.97 Å². The van der Waals surface area contributed by atoms with Gasteiger partial charge < -0.3 is 20.4 Å². The lowest BCUT2D eigenvalue weighted by molar-refractivity contribution is -0.137. The first kappa shape index (κ1) is 21.6. The summed E-state index contributed by atoms with van der Waals surface area (Å²) < 4.78 is 0. The molecule has 5 nitrogen and oxygen atoms in total. The molecule has 0 aromatic carbocycles. The Morgan fingerprint density at radius 3 is 1.75 bits per heavy atom. The van der Waals surface area contributed by atoms with Crippen molar-refractivity contribution < 1.29 is 25.2 Å². The van der Waals surface area contributed by atoms with Gasteiger partial charge in [-0.1, -0.05) is 46.5 Å². The third-order valence-corrected chi connectivity index (χ3v) is 2.74. The SMILES string of the molecule is CC(C)(C)CCCCCCCC(=O)O.OCC(O)CO. The molecule has 0 amide bonds. The van der Waals surface area contributed by atoms with Gasteiger partial charge in [0.1, 0.15) is 6.10 Å². The lowest BCUT2D eigenvalue weighted by atomic mass is 9.89. The number of carboxylic acids is 1. The second-order valence-electron chi connectivity index (χ2n) is 6.24. The number of aliphatic carboxylic acids is 1. The fourth-order valence-electron chi connectivity index (χ4n) is 1.52. The van der Waals surface area contributed by atoms with Crippen molar-refractivity contribution in [2.75, 3.05) is 13.2 Å². The Morgan fingerprint density at radius 2 is 1.40 bits per heavy atom. The number of rotatable bonds is 9. The minimum Gasteiger partial charge on any atom is -0.481 e. The molecule has 0 bridgehead atoms. The van der Waals surface area contributed by atoms with E-state index in [1.165, 1.54) is 25.7 Å². The first-order valence-corrected chi connectivity index (χ1v) is 7.34. The van der Waals surface area contributed by atoms with Crippen LogP contribution in [0.25, 0.3) is 0 Å². The molecule has 0 aliphatic heterocycles. The van der Waals surface area contributed by atoms with Gasteiger partial charge in [0.25, 0.3) is 0 Å². The van der Waals surface area contributed by atoms with Crippen LogP contribution in [0.4, 0.5) is 0 Å². The maximum absolute atomic E-state index is 10.2. The normalized spacial score (nSPS) is 11.2. The van der Waals surface area contributed by atoms with E-state index in [9.17, 15) is 4.79 Å². The molecular formula is C15H32O5. The van der Waals surface area contributed by atoms with Crippen LogP contribution in [0.1, 0.15) is 65.7 Å². The van der Waals surface area contributed by atoms with Crippen LogP contribution >= 0.6 is 0 Å². The van der Waals surface area contributed by atoms with E-state index in [-0.39, 0.29) is 13.2 Å². The van der Waals surface area contributed by atoms with Gasteiger partial charge in [-0.25, -0.2) is 0 Å². The summed E-state index contributed by atoms with van der Waals surface area (Å²) in [7, 11) is 0. The zero-order valence-electron chi connectivity index (χ0n) is 13.1. The molecule has 0 aromatic rings. The van der Waals surface area contributed by atoms with Gasteiger partial charge in [0.05, 0.1) is 13.2 Å². The van der Waals surface area contributed by atoms with Crippen LogP contribution in [0.15, 0.2) is 0 Å². The first-order chi connectivity index (χ1) is 9.22. The molecule has 0 unspecified atom stereocenters. The van der Waals surface area contributed by atoms with Crippen molar-refractivity contribution in [3.05, 3.63) is 0 Å². The maximum atomic E-state index is 10.2. The number of aliphatic hydroxyl groups is 3. The van der Waals surface area contributed by atoms with E-state index in [4.69, 9.17) is 20.4 Å². The summed E-state index contributed by atoms with van der Waals surface area (Å²) >= 11 is 0. The molecule has 0 aromatic heterocycles. The molecule has 0 saturated carbocycles. The Bertz CT molecular complexity index is 219. The van der Waals surface area contributed by atoms with Gasteiger partial charge in [0, 0.05) is 6.42 Å². The van der Waals surface area contributed by atoms with Crippen molar-refractivity contribution in [1.82, 2.24) is 0 Å². The van der Waals surface area contributed by atoms with Gasteiger partial charge in [0.2, 0.25) is 0 Å². The van der Waals surface area contributed by atoms with Crippen molar-refractivity contribution in [3.63, 3.8) is 0 Å². The van der Waals surface area contributed by atoms with Crippen LogP contribution in [0.2, 0.25) is 0 Å². The van der Waals surface area contributed by atoms with Crippen LogP contribution < -0.4 is 0 Å². The highest BCUT2D eigenvalue weighted by Crippen LogP contribution is 2.22. The summed E-state index contributed by atoms with van der Waals surface area (Å²) in [5.41, 5.74) is 0.446. The third-order valence-electron chi connectivity index (χ3n) is 2.74. The van der Waals surface area contributed by atoms with Crippen molar-refractivity contribution in [3.8, 4) is 0 Å². The molecule has 0 rings (SSSR count). The number of hydrogen-bond donors (Lipinski definition) is 4. The summed E-state index contributed by atoms with van der Waals surface area (Å²) in [5.74, 6) is -0.667. The summed E-state index contributed by atoms with van der Waals surface area (Å²) in [4.78, 5) is 10.2. The van der Waals surface area contributed by atoms with Crippen LogP contribution in [0.3, 0.4) is 0 Å². The molecule has 0 atom stereocenters. The molecule has 0 radical (unpaired) electrons. The number of carboxylic acid groups (broad SMARTS) is 1. The van der Waals surface area contributed by atoms with E-state index in [0.717, 1.165) is 12.8 Å². The van der Waals surface area contributed by atoms with E-state index in [2.05, 4.69) is 20.8 Å². The topological polar surface area (TPSA) is 98.0 Å². The molecule has 0 saturated heterocycles. The molecule has 20 heavy (non-hydrogen) atoms. The van der Waals surface area contributed by atoms with Gasteiger partial charge in [-0.2, -0.15) is 0 Å². The number of hydrogen-bond acceptors (Lipinski definition) is 4. The van der Waals surface area contributed by atoms with Crippen molar-refractivity contribution in [2.24, 2.45) is 5.41 Å². The summed E-state index contributed by atoms with van der Waals surface area (Å²) in [5, 5.41) is 32.4. The third kappa shape index (κ3) is 22.5. The lowest BCUT2D eigenvalue weighted by Crippen LogP contribution is -2.15. The second-order valence-corrected chi connectivity index (χ2v) is 6.24. The van der Waals surface area contributed by atoms with Gasteiger partial charge in [-0.05, 0) is 18.3 Å². The zero-order chi connectivity index (χ0) is 16.0. The predicted molar refractivity (Wildman–Crippen MR) is 79.6 cm³/mol. The number of carbonyl (C=O) groups is 1. The average molecular weight is 292 g/mol. The zero-order valence-corrected chi connectivity index (χ0v) is 13.1. The molecule has 5 heteroatoms. The van der Waals surface area contributed by atoms with Crippen molar-refractivity contribution in [1.29, 1.82) is 0 Å². The Morgan fingerprint density at radius 1 is 0.950 bits per heavy atom. The predicted octanol–water partition coefficient (Wildman–Crippen LogP) is 2.18. The highest BCUT2D eigenvalue weighted by molar-refractivity contribution is 5.66. The van der Waals surface area contributed by atoms with E-state index in [1.807, 2.05) is 0 Å². The quantitative estimate of drug-likeness (QED) is 0.488. The van der Waals surface area contributed by atoms with Gasteiger partial charge in [-0.3, -0.25) is 4.79 Å². The largest absolute Gasteiger partial charge is 0.481 e. The van der Waals surface area contributed by atoms with Crippen LogP contribution in [0.5, 0.6) is 0 Å². The lowest BCUT2D eigenvalue weighted by Gasteiger charge is -2.17. The van der Waals surface area contributed by atoms with Crippen LogP contribution in [0, 0.1) is 5.41 Å². The molecule has 0 spiro atoms. The van der Waals surface area contributed by atoms with Gasteiger partial charge in [0.15, 0.2) is 0 Å². The molecule has 0 heterocycles. The van der Waals surface area contributed by atoms with Crippen LogP contribution in [-0.4, -0.2) is 45.7 Å². The smallest absolute Gasteiger partial charge is 0.303 e. The minimum atomic E-state index is -0.954. The van der Waals surface area contributed by atoms with E-state index < -0.39 is 12.1 Å². The standard InChI is InChI=1S/C12H24O2.C3H8O3/c1-12(2,3)10-8-6-4-5-7-9-11(13)14;4-1-3(6)2-5/h4-10H2,1-3H3,(H,13,14);3-6H,1-2H2. The number of aliphatic hydroxyl groups excluding tert-OH is 3. The Kier molecular flexibility index (Phi) is 14.4. The first-order valence-electron chi connectivity index (χ1n) is 7.34. The molecule has 0 fully saturated rings. The molecule has 0 aliphatic carbocycles. The van der Waals surface area contributed by atoms with E-state index in [0.29, 0.717) is 11.8 Å². The summed E-state index contributed by atoms with van der Waals surface area (Å²) in [6.45, 7) is 6.05. The number of unbranched alkanes of at least 4 members (excludes halogenated alkanes) is 4. The van der Waals surface area contributed by atoms with E-state index >= 15 is 0 Å².